The van der Waals surface area contributed by atoms with Gasteiger partial charge in [0.2, 0.25) is 0 Å². The molecule has 4 heteroatoms. The molecule has 0 radical (unpaired) electrons. The Morgan fingerprint density at radius 3 is 2.27 bits per heavy atom. The topological polar surface area (TPSA) is 38.7 Å². The summed E-state index contributed by atoms with van der Waals surface area (Å²) < 4.78 is 10.2. The third-order valence-corrected chi connectivity index (χ3v) is 1.61. The SMILES string of the molecule is CSCCOCCOCCO. The minimum atomic E-state index is 0.0881. The van der Waals surface area contributed by atoms with Crippen molar-refractivity contribution in [3.05, 3.63) is 0 Å². The Balaban J connectivity index is 2.69. The van der Waals surface area contributed by atoms with Gasteiger partial charge in [-0.1, -0.05) is 0 Å². The highest BCUT2D eigenvalue weighted by molar-refractivity contribution is 7.98. The van der Waals surface area contributed by atoms with E-state index < -0.39 is 0 Å². The summed E-state index contributed by atoms with van der Waals surface area (Å²) in [5.41, 5.74) is 0. The number of ether oxygens (including phenoxy) is 2. The van der Waals surface area contributed by atoms with Gasteiger partial charge in [-0.3, -0.25) is 0 Å². The Morgan fingerprint density at radius 2 is 1.73 bits per heavy atom. The summed E-state index contributed by atoms with van der Waals surface area (Å²) in [7, 11) is 0. The summed E-state index contributed by atoms with van der Waals surface area (Å²) in [4.78, 5) is 0. The molecule has 0 spiro atoms. The second-order valence-corrected chi connectivity index (χ2v) is 2.93. The molecule has 0 atom stereocenters. The molecule has 0 aliphatic carbocycles. The van der Waals surface area contributed by atoms with Crippen molar-refractivity contribution in [1.82, 2.24) is 0 Å². The number of aliphatic hydroxyl groups is 1. The van der Waals surface area contributed by atoms with Gasteiger partial charge in [0.05, 0.1) is 33.0 Å². The van der Waals surface area contributed by atoms with E-state index in [2.05, 4.69) is 0 Å². The first-order chi connectivity index (χ1) is 5.41. The summed E-state index contributed by atoms with van der Waals surface area (Å²) in [6.45, 7) is 2.48. The van der Waals surface area contributed by atoms with Crippen molar-refractivity contribution in [2.24, 2.45) is 0 Å². The zero-order chi connectivity index (χ0) is 8.36. The van der Waals surface area contributed by atoms with Crippen LogP contribution >= 0.6 is 11.8 Å². The molecule has 0 heterocycles. The second-order valence-electron chi connectivity index (χ2n) is 1.94. The smallest absolute Gasteiger partial charge is 0.0701 e. The van der Waals surface area contributed by atoms with E-state index in [0.29, 0.717) is 19.8 Å². The van der Waals surface area contributed by atoms with Crippen LogP contribution in [0.25, 0.3) is 0 Å². The molecule has 0 rings (SSSR count). The molecule has 3 nitrogen and oxygen atoms in total. The molecule has 68 valence electrons. The van der Waals surface area contributed by atoms with E-state index in [0.717, 1.165) is 12.4 Å². The Morgan fingerprint density at radius 1 is 1.09 bits per heavy atom. The molecule has 1 N–H and O–H groups in total. The van der Waals surface area contributed by atoms with Crippen molar-refractivity contribution < 1.29 is 14.6 Å². The van der Waals surface area contributed by atoms with Crippen molar-refractivity contribution in [3.63, 3.8) is 0 Å². The lowest BCUT2D eigenvalue weighted by Gasteiger charge is -2.02. The lowest BCUT2D eigenvalue weighted by molar-refractivity contribution is 0.0377. The van der Waals surface area contributed by atoms with Crippen LogP contribution in [0.3, 0.4) is 0 Å². The molecule has 11 heavy (non-hydrogen) atoms. The summed E-state index contributed by atoms with van der Waals surface area (Å²) >= 11 is 1.76. The van der Waals surface area contributed by atoms with E-state index in [4.69, 9.17) is 14.6 Å². The summed E-state index contributed by atoms with van der Waals surface area (Å²) in [6.07, 6.45) is 2.05. The molecule has 0 aromatic carbocycles. The van der Waals surface area contributed by atoms with Gasteiger partial charge in [0.15, 0.2) is 0 Å². The first-order valence-corrected chi connectivity index (χ1v) is 5.06. The van der Waals surface area contributed by atoms with Crippen LogP contribution in [-0.2, 0) is 9.47 Å². The Bertz CT molecular complexity index is 62.7. The molecule has 0 aliphatic heterocycles. The number of rotatable bonds is 8. The van der Waals surface area contributed by atoms with E-state index in [9.17, 15) is 0 Å². The fourth-order valence-electron chi connectivity index (χ4n) is 0.529. The maximum atomic E-state index is 8.34. The lowest BCUT2D eigenvalue weighted by Crippen LogP contribution is -2.08. The van der Waals surface area contributed by atoms with Crippen LogP contribution in [0.2, 0.25) is 0 Å². The third kappa shape index (κ3) is 10.2. The predicted octanol–water partition coefficient (Wildman–Crippen LogP) is 0.375. The van der Waals surface area contributed by atoms with E-state index in [1.54, 1.807) is 11.8 Å². The second kappa shape index (κ2) is 10.2. The first kappa shape index (κ1) is 11.2. The van der Waals surface area contributed by atoms with Crippen molar-refractivity contribution in [2.75, 3.05) is 45.0 Å². The van der Waals surface area contributed by atoms with Crippen LogP contribution in [0.5, 0.6) is 0 Å². The predicted molar refractivity (Wildman–Crippen MR) is 47.1 cm³/mol. The van der Waals surface area contributed by atoms with Gasteiger partial charge in [-0.05, 0) is 6.26 Å². The van der Waals surface area contributed by atoms with Crippen molar-refractivity contribution >= 4 is 11.8 Å². The fourth-order valence-corrected chi connectivity index (χ4v) is 0.813. The minimum absolute atomic E-state index is 0.0881. The number of hydrogen-bond donors (Lipinski definition) is 1. The van der Waals surface area contributed by atoms with Crippen molar-refractivity contribution in [3.8, 4) is 0 Å². The van der Waals surface area contributed by atoms with Gasteiger partial charge >= 0.3 is 0 Å². The van der Waals surface area contributed by atoms with Gasteiger partial charge in [-0.2, -0.15) is 11.8 Å². The average molecular weight is 180 g/mol. The van der Waals surface area contributed by atoms with E-state index >= 15 is 0 Å². The Hall–Kier alpha value is 0.230. The highest BCUT2D eigenvalue weighted by Gasteiger charge is 1.87. The molecule has 0 saturated carbocycles. The molecular weight excluding hydrogens is 164 g/mol. The molecule has 0 aromatic rings. The van der Waals surface area contributed by atoms with Gasteiger partial charge in [-0.25, -0.2) is 0 Å². The van der Waals surface area contributed by atoms with E-state index in [1.807, 2.05) is 6.26 Å². The monoisotopic (exact) mass is 180 g/mol. The van der Waals surface area contributed by atoms with E-state index in [-0.39, 0.29) is 6.61 Å². The number of hydrogen-bond acceptors (Lipinski definition) is 4. The first-order valence-electron chi connectivity index (χ1n) is 3.67. The molecule has 0 aliphatic rings. The van der Waals surface area contributed by atoms with E-state index in [1.165, 1.54) is 0 Å². The van der Waals surface area contributed by atoms with Crippen molar-refractivity contribution in [2.45, 2.75) is 0 Å². The van der Waals surface area contributed by atoms with Gasteiger partial charge in [0.25, 0.3) is 0 Å². The summed E-state index contributed by atoms with van der Waals surface area (Å²) in [5.74, 6) is 1.03. The standard InChI is InChI=1S/C7H16O3S/c1-11-7-6-10-5-4-9-3-2-8/h8H,2-7H2,1H3. The number of aliphatic hydroxyl groups excluding tert-OH is 1. The highest BCUT2D eigenvalue weighted by Crippen LogP contribution is 1.90. The molecular formula is C7H16O3S. The number of thioether (sulfide) groups is 1. The maximum absolute atomic E-state index is 8.34. The molecule has 0 unspecified atom stereocenters. The lowest BCUT2D eigenvalue weighted by atomic mass is 10.7. The largest absolute Gasteiger partial charge is 0.394 e. The average Bonchev–Trinajstić information content (AvgIpc) is 2.03. The fraction of sp³-hybridized carbons (Fsp3) is 1.00. The van der Waals surface area contributed by atoms with Crippen molar-refractivity contribution in [1.29, 1.82) is 0 Å². The summed E-state index contributed by atoms with van der Waals surface area (Å²) in [6, 6.07) is 0. The zero-order valence-corrected chi connectivity index (χ0v) is 7.73. The molecule has 0 aromatic heterocycles. The molecule has 0 amide bonds. The maximum Gasteiger partial charge on any atom is 0.0701 e. The Kier molecular flexibility index (Phi) is 10.4. The van der Waals surface area contributed by atoms with Gasteiger partial charge in [-0.15, -0.1) is 0 Å². The minimum Gasteiger partial charge on any atom is -0.394 e. The Labute approximate surface area is 72.1 Å². The van der Waals surface area contributed by atoms with Gasteiger partial charge < -0.3 is 14.6 Å². The quantitative estimate of drug-likeness (QED) is 0.548. The van der Waals surface area contributed by atoms with Crippen LogP contribution in [0, 0.1) is 0 Å². The van der Waals surface area contributed by atoms with Gasteiger partial charge in [0.1, 0.15) is 0 Å². The molecule has 0 saturated heterocycles. The normalized spacial score (nSPS) is 10.4. The van der Waals surface area contributed by atoms with Crippen LogP contribution in [-0.4, -0.2) is 50.1 Å². The van der Waals surface area contributed by atoms with Crippen LogP contribution in [0.4, 0.5) is 0 Å². The molecule has 0 bridgehead atoms. The molecule has 0 fully saturated rings. The summed E-state index contributed by atoms with van der Waals surface area (Å²) in [5, 5.41) is 8.34. The van der Waals surface area contributed by atoms with Gasteiger partial charge in [0, 0.05) is 5.75 Å². The van der Waals surface area contributed by atoms with Crippen LogP contribution < -0.4 is 0 Å². The third-order valence-electron chi connectivity index (χ3n) is 1.04. The zero-order valence-electron chi connectivity index (χ0n) is 6.91. The highest BCUT2D eigenvalue weighted by atomic mass is 32.2. The van der Waals surface area contributed by atoms with Crippen LogP contribution in [0.15, 0.2) is 0 Å². The van der Waals surface area contributed by atoms with Crippen LogP contribution in [0.1, 0.15) is 0 Å².